The van der Waals surface area contributed by atoms with E-state index in [4.69, 9.17) is 4.74 Å². The van der Waals surface area contributed by atoms with E-state index in [1.54, 1.807) is 6.20 Å². The van der Waals surface area contributed by atoms with Crippen LogP contribution in [0.15, 0.2) is 30.5 Å². The maximum absolute atomic E-state index is 9.20. The number of fused-ring (bicyclic) bond motifs is 1. The summed E-state index contributed by atoms with van der Waals surface area (Å²) in [6.07, 6.45) is 2.15. The van der Waals surface area contributed by atoms with Crippen molar-refractivity contribution in [1.29, 1.82) is 5.26 Å². The van der Waals surface area contributed by atoms with Crippen LogP contribution in [0.2, 0.25) is 0 Å². The average molecular weight is 267 g/mol. The van der Waals surface area contributed by atoms with Crippen molar-refractivity contribution in [2.75, 3.05) is 18.0 Å². The number of hydrogen-bond donors (Lipinski definition) is 0. The van der Waals surface area contributed by atoms with Crippen molar-refractivity contribution in [1.82, 2.24) is 4.98 Å². The van der Waals surface area contributed by atoms with Crippen LogP contribution in [-0.2, 0) is 4.74 Å². The van der Waals surface area contributed by atoms with Crippen molar-refractivity contribution in [2.24, 2.45) is 0 Å². The molecule has 0 spiro atoms. The van der Waals surface area contributed by atoms with Gasteiger partial charge >= 0.3 is 0 Å². The standard InChI is InChI=1S/C16H17N3O/c1-11-9-19(10-12(2)20-11)15-6-5-13(8-17)16-14(15)4-3-7-18-16/h3-7,11-12H,9-10H2,1-2H3/t11-,12?/m0/s1. The lowest BCUT2D eigenvalue weighted by atomic mass is 10.1. The summed E-state index contributed by atoms with van der Waals surface area (Å²) < 4.78 is 5.79. The third kappa shape index (κ3) is 2.21. The summed E-state index contributed by atoms with van der Waals surface area (Å²) in [6, 6.07) is 10.0. The molecule has 1 saturated heterocycles. The fourth-order valence-corrected chi connectivity index (χ4v) is 2.90. The van der Waals surface area contributed by atoms with Crippen molar-refractivity contribution in [3.8, 4) is 6.07 Å². The highest BCUT2D eigenvalue weighted by Crippen LogP contribution is 2.30. The van der Waals surface area contributed by atoms with Gasteiger partial charge in [0.1, 0.15) is 6.07 Å². The van der Waals surface area contributed by atoms with Crippen LogP contribution in [-0.4, -0.2) is 30.3 Å². The Morgan fingerprint density at radius 1 is 1.25 bits per heavy atom. The maximum Gasteiger partial charge on any atom is 0.101 e. The summed E-state index contributed by atoms with van der Waals surface area (Å²) in [7, 11) is 0. The molecule has 1 aromatic heterocycles. The molecule has 0 saturated carbocycles. The molecule has 1 aliphatic rings. The first-order valence-corrected chi connectivity index (χ1v) is 6.87. The molecule has 3 rings (SSSR count). The predicted octanol–water partition coefficient (Wildman–Crippen LogP) is 2.72. The number of benzene rings is 1. The SMILES string of the molecule is CC1CN(c2ccc(C#N)c3ncccc23)C[C@H](C)O1. The van der Waals surface area contributed by atoms with Crippen molar-refractivity contribution in [3.63, 3.8) is 0 Å². The molecule has 4 nitrogen and oxygen atoms in total. The zero-order chi connectivity index (χ0) is 14.1. The first kappa shape index (κ1) is 12.9. The highest BCUT2D eigenvalue weighted by Gasteiger charge is 2.24. The number of morpholine rings is 1. The topological polar surface area (TPSA) is 49.2 Å². The molecule has 20 heavy (non-hydrogen) atoms. The molecule has 0 aliphatic carbocycles. The van der Waals surface area contributed by atoms with Gasteiger partial charge in [-0.15, -0.1) is 0 Å². The Kier molecular flexibility index (Phi) is 3.29. The minimum atomic E-state index is 0.209. The van der Waals surface area contributed by atoms with Crippen molar-refractivity contribution in [2.45, 2.75) is 26.1 Å². The lowest BCUT2D eigenvalue weighted by Gasteiger charge is -2.37. The molecule has 0 radical (unpaired) electrons. The van der Waals surface area contributed by atoms with E-state index in [-0.39, 0.29) is 12.2 Å². The Morgan fingerprint density at radius 2 is 2.00 bits per heavy atom. The fourth-order valence-electron chi connectivity index (χ4n) is 2.90. The molecule has 1 fully saturated rings. The number of nitriles is 1. The zero-order valence-corrected chi connectivity index (χ0v) is 11.7. The third-order valence-electron chi connectivity index (χ3n) is 3.63. The second kappa shape index (κ2) is 5.10. The zero-order valence-electron chi connectivity index (χ0n) is 11.7. The van der Waals surface area contributed by atoms with Crippen LogP contribution in [0.4, 0.5) is 5.69 Å². The minimum Gasteiger partial charge on any atom is -0.372 e. The second-order valence-corrected chi connectivity index (χ2v) is 5.31. The van der Waals surface area contributed by atoms with Crippen LogP contribution >= 0.6 is 0 Å². The summed E-state index contributed by atoms with van der Waals surface area (Å²) in [5, 5.41) is 10.2. The van der Waals surface area contributed by atoms with E-state index in [0.717, 1.165) is 29.7 Å². The van der Waals surface area contributed by atoms with Crippen molar-refractivity contribution < 1.29 is 4.74 Å². The molecular weight excluding hydrogens is 250 g/mol. The molecule has 2 aromatic rings. The molecule has 102 valence electrons. The number of rotatable bonds is 1. The lowest BCUT2D eigenvalue weighted by molar-refractivity contribution is -0.00513. The smallest absolute Gasteiger partial charge is 0.101 e. The van der Waals surface area contributed by atoms with Crippen molar-refractivity contribution in [3.05, 3.63) is 36.0 Å². The Bertz CT molecular complexity index is 667. The summed E-state index contributed by atoms with van der Waals surface area (Å²) in [4.78, 5) is 6.69. The van der Waals surface area contributed by atoms with Crippen molar-refractivity contribution >= 4 is 16.6 Å². The molecule has 1 aliphatic heterocycles. The first-order chi connectivity index (χ1) is 9.69. The molecular formula is C16H17N3O. The van der Waals surface area contributed by atoms with E-state index in [2.05, 4.69) is 29.8 Å². The van der Waals surface area contributed by atoms with E-state index in [1.165, 1.54) is 0 Å². The molecule has 1 unspecified atom stereocenters. The fraction of sp³-hybridized carbons (Fsp3) is 0.375. The molecule has 4 heteroatoms. The highest BCUT2D eigenvalue weighted by atomic mass is 16.5. The monoisotopic (exact) mass is 267 g/mol. The molecule has 0 bridgehead atoms. The summed E-state index contributed by atoms with van der Waals surface area (Å²) >= 11 is 0. The highest BCUT2D eigenvalue weighted by molar-refractivity contribution is 5.95. The van der Waals surface area contributed by atoms with Gasteiger partial charge in [-0.25, -0.2) is 0 Å². The van der Waals surface area contributed by atoms with Gasteiger partial charge in [0.15, 0.2) is 0 Å². The Balaban J connectivity index is 2.11. The van der Waals surface area contributed by atoms with Gasteiger partial charge in [0.05, 0.1) is 23.3 Å². The van der Waals surface area contributed by atoms with E-state index < -0.39 is 0 Å². The van der Waals surface area contributed by atoms with Crippen LogP contribution in [0, 0.1) is 11.3 Å². The van der Waals surface area contributed by atoms with Gasteiger partial charge in [-0.3, -0.25) is 4.98 Å². The largest absolute Gasteiger partial charge is 0.372 e. The van der Waals surface area contributed by atoms with Crippen LogP contribution in [0.1, 0.15) is 19.4 Å². The normalized spacial score (nSPS) is 22.8. The first-order valence-electron chi connectivity index (χ1n) is 6.87. The molecule has 1 aromatic carbocycles. The van der Waals surface area contributed by atoms with E-state index in [9.17, 15) is 5.26 Å². The quantitative estimate of drug-likeness (QED) is 0.797. The van der Waals surface area contributed by atoms with E-state index >= 15 is 0 Å². The minimum absolute atomic E-state index is 0.209. The maximum atomic E-state index is 9.20. The van der Waals surface area contributed by atoms with Gasteiger partial charge in [-0.1, -0.05) is 0 Å². The average Bonchev–Trinajstić information content (AvgIpc) is 2.45. The Labute approximate surface area is 118 Å². The molecule has 2 heterocycles. The van der Waals surface area contributed by atoms with Crippen LogP contribution in [0.5, 0.6) is 0 Å². The van der Waals surface area contributed by atoms with Gasteiger partial charge in [0, 0.05) is 30.4 Å². The Hall–Kier alpha value is -2.12. The summed E-state index contributed by atoms with van der Waals surface area (Å²) in [6.45, 7) is 5.90. The van der Waals surface area contributed by atoms with Gasteiger partial charge in [0.25, 0.3) is 0 Å². The number of hydrogen-bond acceptors (Lipinski definition) is 4. The van der Waals surface area contributed by atoms with E-state index in [1.807, 2.05) is 24.3 Å². The number of nitrogens with zero attached hydrogens (tertiary/aromatic N) is 3. The third-order valence-corrected chi connectivity index (χ3v) is 3.63. The van der Waals surface area contributed by atoms with Crippen LogP contribution < -0.4 is 4.90 Å². The van der Waals surface area contributed by atoms with Gasteiger partial charge in [-0.05, 0) is 38.1 Å². The number of anilines is 1. The molecule has 2 atom stereocenters. The Morgan fingerprint density at radius 3 is 2.70 bits per heavy atom. The number of ether oxygens (including phenoxy) is 1. The van der Waals surface area contributed by atoms with Gasteiger partial charge < -0.3 is 9.64 Å². The predicted molar refractivity (Wildman–Crippen MR) is 78.7 cm³/mol. The molecule has 0 amide bonds. The summed E-state index contributed by atoms with van der Waals surface area (Å²) in [5.74, 6) is 0. The lowest BCUT2D eigenvalue weighted by Crippen LogP contribution is -2.45. The second-order valence-electron chi connectivity index (χ2n) is 5.31. The van der Waals surface area contributed by atoms with Crippen LogP contribution in [0.3, 0.4) is 0 Å². The van der Waals surface area contributed by atoms with Gasteiger partial charge in [0.2, 0.25) is 0 Å². The number of aromatic nitrogens is 1. The van der Waals surface area contributed by atoms with Crippen LogP contribution in [0.25, 0.3) is 10.9 Å². The number of pyridine rings is 1. The summed E-state index contributed by atoms with van der Waals surface area (Å²) in [5.41, 5.74) is 2.53. The van der Waals surface area contributed by atoms with E-state index in [0.29, 0.717) is 5.56 Å². The van der Waals surface area contributed by atoms with Gasteiger partial charge in [-0.2, -0.15) is 5.26 Å². The molecule has 0 N–H and O–H groups in total.